The Kier molecular flexibility index (Phi) is 5.41. The number of nitrogens with one attached hydrogen (secondary N) is 1. The summed E-state index contributed by atoms with van der Waals surface area (Å²) in [5.74, 6) is 0.925. The SMILES string of the molecule is CNCCC1CCN(C(C)c2ccc(C)cc2)CC1. The number of hydrogen-bond donors (Lipinski definition) is 1. The average Bonchev–Trinajstić information content (AvgIpc) is 2.46. The van der Waals surface area contributed by atoms with Gasteiger partial charge >= 0.3 is 0 Å². The Morgan fingerprint density at radius 3 is 2.42 bits per heavy atom. The van der Waals surface area contributed by atoms with Gasteiger partial charge in [0.15, 0.2) is 0 Å². The summed E-state index contributed by atoms with van der Waals surface area (Å²) in [6.07, 6.45) is 4.05. The van der Waals surface area contributed by atoms with Gasteiger partial charge in [-0.2, -0.15) is 0 Å². The molecule has 2 rings (SSSR count). The zero-order valence-electron chi connectivity index (χ0n) is 12.7. The minimum atomic E-state index is 0.561. The van der Waals surface area contributed by atoms with Gasteiger partial charge in [0.25, 0.3) is 0 Å². The normalized spacial score (nSPS) is 19.5. The van der Waals surface area contributed by atoms with Gasteiger partial charge in [0.05, 0.1) is 0 Å². The van der Waals surface area contributed by atoms with Crippen molar-refractivity contribution in [2.45, 2.75) is 39.2 Å². The van der Waals surface area contributed by atoms with Crippen LogP contribution in [0.1, 0.15) is 43.4 Å². The van der Waals surface area contributed by atoms with Crippen LogP contribution in [0, 0.1) is 12.8 Å². The minimum Gasteiger partial charge on any atom is -0.320 e. The maximum Gasteiger partial charge on any atom is 0.0319 e. The topological polar surface area (TPSA) is 15.3 Å². The molecule has 19 heavy (non-hydrogen) atoms. The number of rotatable bonds is 5. The molecule has 0 bridgehead atoms. The molecule has 2 heteroatoms. The first-order valence-corrected chi connectivity index (χ1v) is 7.66. The van der Waals surface area contributed by atoms with Gasteiger partial charge in [-0.1, -0.05) is 29.8 Å². The van der Waals surface area contributed by atoms with E-state index < -0.39 is 0 Å². The predicted molar refractivity (Wildman–Crippen MR) is 82.4 cm³/mol. The highest BCUT2D eigenvalue weighted by molar-refractivity contribution is 5.23. The van der Waals surface area contributed by atoms with Gasteiger partial charge in [0.2, 0.25) is 0 Å². The lowest BCUT2D eigenvalue weighted by Gasteiger charge is -2.36. The Bertz CT molecular complexity index is 363. The number of benzene rings is 1. The van der Waals surface area contributed by atoms with E-state index in [1.54, 1.807) is 0 Å². The Morgan fingerprint density at radius 1 is 1.21 bits per heavy atom. The van der Waals surface area contributed by atoms with Crippen molar-refractivity contribution >= 4 is 0 Å². The van der Waals surface area contributed by atoms with E-state index in [0.29, 0.717) is 6.04 Å². The molecule has 0 radical (unpaired) electrons. The second kappa shape index (κ2) is 7.06. The molecule has 0 amide bonds. The monoisotopic (exact) mass is 260 g/mol. The molecule has 0 spiro atoms. The molecular formula is C17H28N2. The Balaban J connectivity index is 1.85. The molecule has 1 saturated heterocycles. The van der Waals surface area contributed by atoms with E-state index in [1.165, 1.54) is 43.5 Å². The van der Waals surface area contributed by atoms with Crippen molar-refractivity contribution in [1.82, 2.24) is 10.2 Å². The largest absolute Gasteiger partial charge is 0.320 e. The predicted octanol–water partition coefficient (Wildman–Crippen LogP) is 3.38. The van der Waals surface area contributed by atoms with Crippen molar-refractivity contribution in [2.24, 2.45) is 5.92 Å². The molecule has 1 heterocycles. The van der Waals surface area contributed by atoms with E-state index in [9.17, 15) is 0 Å². The molecule has 1 aromatic carbocycles. The highest BCUT2D eigenvalue weighted by Crippen LogP contribution is 2.27. The first kappa shape index (κ1) is 14.5. The maximum absolute atomic E-state index is 3.27. The summed E-state index contributed by atoms with van der Waals surface area (Å²) < 4.78 is 0. The smallest absolute Gasteiger partial charge is 0.0319 e. The highest BCUT2D eigenvalue weighted by atomic mass is 15.2. The fourth-order valence-electron chi connectivity index (χ4n) is 3.03. The van der Waals surface area contributed by atoms with Crippen LogP contribution in [0.25, 0.3) is 0 Å². The summed E-state index contributed by atoms with van der Waals surface area (Å²) >= 11 is 0. The van der Waals surface area contributed by atoms with Crippen LogP contribution >= 0.6 is 0 Å². The van der Waals surface area contributed by atoms with Crippen molar-refractivity contribution in [3.8, 4) is 0 Å². The number of likely N-dealkylation sites (tertiary alicyclic amines) is 1. The average molecular weight is 260 g/mol. The second-order valence-corrected chi connectivity index (χ2v) is 5.96. The molecule has 2 nitrogen and oxygen atoms in total. The van der Waals surface area contributed by atoms with Crippen LogP contribution < -0.4 is 5.32 Å². The van der Waals surface area contributed by atoms with Gasteiger partial charge in [-0.25, -0.2) is 0 Å². The van der Waals surface area contributed by atoms with E-state index in [-0.39, 0.29) is 0 Å². The lowest BCUT2D eigenvalue weighted by atomic mass is 9.92. The molecule has 1 aliphatic heterocycles. The molecule has 1 N–H and O–H groups in total. The van der Waals surface area contributed by atoms with Crippen molar-refractivity contribution in [1.29, 1.82) is 0 Å². The standard InChI is InChI=1S/C17H28N2/c1-14-4-6-17(7-5-14)15(2)19-12-9-16(10-13-19)8-11-18-3/h4-7,15-16,18H,8-13H2,1-3H3. The zero-order chi connectivity index (χ0) is 13.7. The lowest BCUT2D eigenvalue weighted by Crippen LogP contribution is -2.36. The fourth-order valence-corrected chi connectivity index (χ4v) is 3.03. The third-order valence-electron chi connectivity index (χ3n) is 4.56. The van der Waals surface area contributed by atoms with Crippen LogP contribution in [-0.4, -0.2) is 31.6 Å². The summed E-state index contributed by atoms with van der Waals surface area (Å²) in [6.45, 7) is 8.17. The van der Waals surface area contributed by atoms with Gasteiger partial charge in [-0.3, -0.25) is 4.90 Å². The minimum absolute atomic E-state index is 0.561. The molecule has 1 fully saturated rings. The van der Waals surface area contributed by atoms with Crippen molar-refractivity contribution in [2.75, 3.05) is 26.7 Å². The Labute approximate surface area is 118 Å². The van der Waals surface area contributed by atoms with Crippen LogP contribution in [0.4, 0.5) is 0 Å². The van der Waals surface area contributed by atoms with Crippen molar-refractivity contribution in [3.05, 3.63) is 35.4 Å². The van der Waals surface area contributed by atoms with Crippen molar-refractivity contribution in [3.63, 3.8) is 0 Å². The van der Waals surface area contributed by atoms with Crippen LogP contribution in [0.15, 0.2) is 24.3 Å². The molecule has 1 aromatic rings. The van der Waals surface area contributed by atoms with E-state index in [1.807, 2.05) is 0 Å². The highest BCUT2D eigenvalue weighted by Gasteiger charge is 2.22. The zero-order valence-corrected chi connectivity index (χ0v) is 12.7. The van der Waals surface area contributed by atoms with Crippen LogP contribution in [0.5, 0.6) is 0 Å². The van der Waals surface area contributed by atoms with Crippen molar-refractivity contribution < 1.29 is 0 Å². The molecule has 106 valence electrons. The molecule has 1 aliphatic rings. The van der Waals surface area contributed by atoms with Gasteiger partial charge in [0, 0.05) is 6.04 Å². The molecule has 0 aliphatic carbocycles. The van der Waals surface area contributed by atoms with E-state index in [4.69, 9.17) is 0 Å². The Hall–Kier alpha value is -0.860. The van der Waals surface area contributed by atoms with Gasteiger partial charge in [0.1, 0.15) is 0 Å². The lowest BCUT2D eigenvalue weighted by molar-refractivity contribution is 0.137. The van der Waals surface area contributed by atoms with E-state index in [2.05, 4.69) is 55.4 Å². The second-order valence-electron chi connectivity index (χ2n) is 5.96. The Morgan fingerprint density at radius 2 is 1.84 bits per heavy atom. The number of aryl methyl sites for hydroxylation is 1. The van der Waals surface area contributed by atoms with E-state index in [0.717, 1.165) is 12.5 Å². The molecule has 0 aromatic heterocycles. The first-order valence-electron chi connectivity index (χ1n) is 7.66. The number of hydrogen-bond acceptors (Lipinski definition) is 2. The molecular weight excluding hydrogens is 232 g/mol. The van der Waals surface area contributed by atoms with Crippen LogP contribution in [0.3, 0.4) is 0 Å². The van der Waals surface area contributed by atoms with Gasteiger partial charge in [-0.05, 0) is 71.3 Å². The van der Waals surface area contributed by atoms with Crippen LogP contribution in [0.2, 0.25) is 0 Å². The third kappa shape index (κ3) is 4.05. The molecule has 1 unspecified atom stereocenters. The molecule has 1 atom stereocenters. The summed E-state index contributed by atoms with van der Waals surface area (Å²) in [7, 11) is 2.05. The third-order valence-corrected chi connectivity index (χ3v) is 4.56. The number of piperidine rings is 1. The van der Waals surface area contributed by atoms with Crippen LogP contribution in [-0.2, 0) is 0 Å². The summed E-state index contributed by atoms with van der Waals surface area (Å²) in [5.41, 5.74) is 2.81. The summed E-state index contributed by atoms with van der Waals surface area (Å²) in [4.78, 5) is 2.64. The van der Waals surface area contributed by atoms with Gasteiger partial charge in [-0.15, -0.1) is 0 Å². The maximum atomic E-state index is 3.27. The van der Waals surface area contributed by atoms with E-state index >= 15 is 0 Å². The number of nitrogens with zero attached hydrogens (tertiary/aromatic N) is 1. The summed E-state index contributed by atoms with van der Waals surface area (Å²) in [6, 6.07) is 9.59. The fraction of sp³-hybridized carbons (Fsp3) is 0.647. The van der Waals surface area contributed by atoms with Gasteiger partial charge < -0.3 is 5.32 Å². The molecule has 0 saturated carbocycles. The summed E-state index contributed by atoms with van der Waals surface area (Å²) in [5, 5.41) is 3.27. The quantitative estimate of drug-likeness (QED) is 0.873. The first-order chi connectivity index (χ1) is 9.20.